The monoisotopic (exact) mass is 814 g/mol. The van der Waals surface area contributed by atoms with Gasteiger partial charge >= 0.3 is 0 Å². The van der Waals surface area contributed by atoms with Crippen molar-refractivity contribution >= 4 is 41.0 Å². The molecule has 1 spiro atoms. The molecular formula is C50H54O10. The molecule has 60 heavy (non-hydrogen) atoms. The SMILES string of the molecule is CC(C)=CCC12C/C=C(\C)COc3cccc4c3C(=O)[C@](C(=O)C[C@@H]1C)(C2=O)[C@@H]4O.CC(C)=CC[C@]12C/C=C(\C)COc3cccc(C=O)c3C(O)=C(C(=O)C=C1C)C2=O. The third-order valence-electron chi connectivity index (χ3n) is 13.0. The van der Waals surface area contributed by atoms with Gasteiger partial charge in [-0.1, -0.05) is 72.2 Å². The van der Waals surface area contributed by atoms with Crippen LogP contribution in [0.15, 0.2) is 100 Å². The van der Waals surface area contributed by atoms with Crippen molar-refractivity contribution in [3.63, 3.8) is 0 Å². The molecule has 1 saturated carbocycles. The number of aliphatic hydroxyl groups excluding tert-OH is 2. The number of carbonyl (C=O) groups excluding carboxylic acids is 6. The van der Waals surface area contributed by atoms with Gasteiger partial charge in [-0.05, 0) is 115 Å². The summed E-state index contributed by atoms with van der Waals surface area (Å²) in [5, 5.41) is 22.4. The van der Waals surface area contributed by atoms with E-state index in [-0.39, 0.29) is 53.6 Å². The van der Waals surface area contributed by atoms with Crippen molar-refractivity contribution in [2.75, 3.05) is 13.2 Å². The number of hydrogen-bond acceptors (Lipinski definition) is 10. The highest BCUT2D eigenvalue weighted by molar-refractivity contribution is 6.34. The molecule has 2 aromatic carbocycles. The van der Waals surface area contributed by atoms with E-state index in [0.29, 0.717) is 48.9 Å². The third-order valence-corrected chi connectivity index (χ3v) is 13.0. The number of ketones is 5. The summed E-state index contributed by atoms with van der Waals surface area (Å²) in [5.41, 5.74) is 1.09. The second-order valence-corrected chi connectivity index (χ2v) is 17.5. The fraction of sp³-hybridized carbons (Fsp3) is 0.400. The first-order valence-corrected chi connectivity index (χ1v) is 20.4. The lowest BCUT2D eigenvalue weighted by Crippen LogP contribution is -2.60. The maximum absolute atomic E-state index is 14.2. The van der Waals surface area contributed by atoms with E-state index in [4.69, 9.17) is 9.47 Å². The minimum Gasteiger partial charge on any atom is -0.506 e. The van der Waals surface area contributed by atoms with Gasteiger partial charge in [-0.25, -0.2) is 0 Å². The first kappa shape index (κ1) is 43.8. The van der Waals surface area contributed by atoms with Crippen LogP contribution in [0.25, 0.3) is 5.76 Å². The van der Waals surface area contributed by atoms with Gasteiger partial charge in [0.15, 0.2) is 40.6 Å². The smallest absolute Gasteiger partial charge is 0.193 e. The largest absolute Gasteiger partial charge is 0.506 e. The Morgan fingerprint density at radius 1 is 0.800 bits per heavy atom. The number of carbonyl (C=O) groups is 6. The predicted octanol–water partition coefficient (Wildman–Crippen LogP) is 9.09. The lowest BCUT2D eigenvalue weighted by molar-refractivity contribution is -0.160. The summed E-state index contributed by atoms with van der Waals surface area (Å²) in [4.78, 5) is 79.6. The average Bonchev–Trinajstić information content (AvgIpc) is 3.42. The Bertz CT molecular complexity index is 2390. The van der Waals surface area contributed by atoms with Crippen molar-refractivity contribution in [3.05, 3.63) is 122 Å². The van der Waals surface area contributed by atoms with E-state index in [0.717, 1.165) is 22.3 Å². The number of benzene rings is 2. The topological polar surface area (TPSA) is 161 Å². The Morgan fingerprint density at radius 2 is 1.38 bits per heavy atom. The van der Waals surface area contributed by atoms with Crippen molar-refractivity contribution < 1.29 is 48.5 Å². The van der Waals surface area contributed by atoms with E-state index in [1.165, 1.54) is 12.1 Å². The molecule has 3 aliphatic carbocycles. The van der Waals surface area contributed by atoms with Gasteiger partial charge in [-0.3, -0.25) is 28.8 Å². The van der Waals surface area contributed by atoms with Crippen LogP contribution in [-0.4, -0.2) is 58.6 Å². The van der Waals surface area contributed by atoms with Gasteiger partial charge in [0.2, 0.25) is 0 Å². The highest BCUT2D eigenvalue weighted by Gasteiger charge is 2.70. The van der Waals surface area contributed by atoms with Gasteiger partial charge in [0.1, 0.15) is 42.1 Å². The molecule has 0 radical (unpaired) electrons. The quantitative estimate of drug-likeness (QED) is 0.129. The Labute approximate surface area is 351 Å². The molecule has 0 amide bonds. The van der Waals surface area contributed by atoms with Crippen molar-refractivity contribution in [1.29, 1.82) is 0 Å². The van der Waals surface area contributed by atoms with Crippen LogP contribution in [0, 0.1) is 22.2 Å². The summed E-state index contributed by atoms with van der Waals surface area (Å²) in [6, 6.07) is 9.72. The maximum Gasteiger partial charge on any atom is 0.193 e. The summed E-state index contributed by atoms with van der Waals surface area (Å²) in [5.74, 6) is -2.70. The van der Waals surface area contributed by atoms with Gasteiger partial charge in [-0.2, -0.15) is 0 Å². The van der Waals surface area contributed by atoms with Crippen molar-refractivity contribution in [2.45, 2.75) is 93.6 Å². The summed E-state index contributed by atoms with van der Waals surface area (Å²) < 4.78 is 11.7. The third kappa shape index (κ3) is 7.18. The molecule has 5 aliphatic rings. The number of hydrogen-bond donors (Lipinski definition) is 2. The number of allylic oxidation sites excluding steroid dienone is 9. The minimum atomic E-state index is -2.07. The van der Waals surface area contributed by atoms with Crippen LogP contribution in [0.4, 0.5) is 0 Å². The molecule has 10 heteroatoms. The van der Waals surface area contributed by atoms with Gasteiger partial charge < -0.3 is 19.7 Å². The van der Waals surface area contributed by atoms with Crippen LogP contribution in [0.2, 0.25) is 0 Å². The zero-order chi connectivity index (χ0) is 43.9. The molecule has 5 atom stereocenters. The van der Waals surface area contributed by atoms with E-state index < -0.39 is 57.0 Å². The summed E-state index contributed by atoms with van der Waals surface area (Å²) >= 11 is 0. The molecule has 2 aliphatic heterocycles. The molecule has 1 unspecified atom stereocenters. The Hall–Kier alpha value is -5.74. The highest BCUT2D eigenvalue weighted by atomic mass is 16.5. The highest BCUT2D eigenvalue weighted by Crippen LogP contribution is 2.59. The summed E-state index contributed by atoms with van der Waals surface area (Å²) in [6.07, 6.45) is 10.2. The molecule has 7 rings (SSSR count). The Morgan fingerprint density at radius 3 is 2.00 bits per heavy atom. The maximum atomic E-state index is 14.2. The average molecular weight is 815 g/mol. The molecule has 0 saturated heterocycles. The van der Waals surface area contributed by atoms with E-state index in [9.17, 15) is 39.0 Å². The fourth-order valence-electron chi connectivity index (χ4n) is 9.12. The Kier molecular flexibility index (Phi) is 12.2. The van der Waals surface area contributed by atoms with E-state index in [1.807, 2.05) is 72.8 Å². The van der Waals surface area contributed by atoms with Crippen molar-refractivity contribution in [1.82, 2.24) is 0 Å². The second kappa shape index (κ2) is 16.7. The molecule has 2 heterocycles. The number of Topliss-reactive ketones (excluding diaryl/α,β-unsaturated/α-hetero) is 4. The standard InChI is InChI=1S/C25H28O5.C25H26O5/c1-14(2)8-10-24-11-9-15(3)13-30-18-7-5-6-17-20(18)22(28)25(21(17)27,23(24)29)19(26)12-16(24)4;1-15(2)8-10-25-11-9-16(3)14-30-20-7-5-6-18(13-26)21(20)23(28)22(24(25)29)19(27)12-17(25)4/h5-9,16,21,27H,10-13H2,1-4H3;5-9,12-13,28H,10-11,14H2,1-4H3/b15-9+;16-9+,23-22?/t16-,21+,24?,25+;25-/m00/s1. The predicted molar refractivity (Wildman–Crippen MR) is 228 cm³/mol. The van der Waals surface area contributed by atoms with Crippen LogP contribution < -0.4 is 9.47 Å². The number of fused-ring (bicyclic) bond motifs is 4. The normalized spacial score (nSPS) is 28.9. The van der Waals surface area contributed by atoms with E-state index in [1.54, 1.807) is 37.3 Å². The lowest BCUT2D eigenvalue weighted by Gasteiger charge is -2.47. The first-order chi connectivity index (χ1) is 28.4. The lowest BCUT2D eigenvalue weighted by atomic mass is 9.52. The van der Waals surface area contributed by atoms with Gasteiger partial charge in [0, 0.05) is 17.4 Å². The second-order valence-electron chi connectivity index (χ2n) is 17.5. The van der Waals surface area contributed by atoms with Crippen LogP contribution in [0.3, 0.4) is 0 Å². The molecule has 1 fully saturated rings. The zero-order valence-electron chi connectivity index (χ0n) is 35.7. The van der Waals surface area contributed by atoms with Crippen LogP contribution in [0.1, 0.15) is 125 Å². The summed E-state index contributed by atoms with van der Waals surface area (Å²) in [7, 11) is 0. The van der Waals surface area contributed by atoms with E-state index >= 15 is 0 Å². The number of aliphatic hydroxyl groups is 2. The fourth-order valence-corrected chi connectivity index (χ4v) is 9.12. The Balaban J connectivity index is 0.000000201. The number of rotatable bonds is 5. The van der Waals surface area contributed by atoms with Gasteiger partial charge in [0.05, 0.1) is 16.5 Å². The molecular weight excluding hydrogens is 761 g/mol. The van der Waals surface area contributed by atoms with Crippen LogP contribution >= 0.6 is 0 Å². The number of ether oxygens (including phenoxy) is 2. The molecule has 0 aromatic heterocycles. The minimum absolute atomic E-state index is 0.0722. The summed E-state index contributed by atoms with van der Waals surface area (Å²) in [6.45, 7) is 15.9. The molecule has 2 N–H and O–H groups in total. The van der Waals surface area contributed by atoms with Crippen LogP contribution in [0.5, 0.6) is 11.5 Å². The van der Waals surface area contributed by atoms with Gasteiger partial charge in [-0.15, -0.1) is 0 Å². The van der Waals surface area contributed by atoms with Crippen molar-refractivity contribution in [2.24, 2.45) is 22.2 Å². The zero-order valence-corrected chi connectivity index (χ0v) is 35.7. The van der Waals surface area contributed by atoms with Crippen LogP contribution in [-0.2, 0) is 19.2 Å². The molecule has 2 aromatic rings. The molecule has 10 nitrogen and oxygen atoms in total. The number of aldehydes is 1. The molecule has 5 bridgehead atoms. The van der Waals surface area contributed by atoms with E-state index in [2.05, 4.69) is 0 Å². The first-order valence-electron chi connectivity index (χ1n) is 20.4. The van der Waals surface area contributed by atoms with Gasteiger partial charge in [0.25, 0.3) is 0 Å². The molecule has 314 valence electrons. The van der Waals surface area contributed by atoms with Crippen molar-refractivity contribution in [3.8, 4) is 11.5 Å².